The minimum absolute atomic E-state index is 1.29. The molecule has 14 heavy (non-hydrogen) atoms. The fourth-order valence-corrected chi connectivity index (χ4v) is 3.40. The zero-order valence-electron chi connectivity index (χ0n) is 9.10. The Morgan fingerprint density at radius 3 is 2.64 bits per heavy atom. The molecule has 1 aromatic rings. The lowest BCUT2D eigenvalue weighted by molar-refractivity contribution is 0.706. The van der Waals surface area contributed by atoms with Crippen molar-refractivity contribution in [1.82, 2.24) is 0 Å². The molecule has 0 amide bonds. The van der Waals surface area contributed by atoms with Crippen LogP contribution in [0.1, 0.15) is 36.0 Å². The second-order valence-corrected chi connectivity index (χ2v) is 5.27. The van der Waals surface area contributed by atoms with E-state index in [2.05, 4.69) is 37.7 Å². The number of hydrogen-bond donors (Lipinski definition) is 0. The molecule has 0 atom stereocenters. The Labute approximate surface area is 91.1 Å². The summed E-state index contributed by atoms with van der Waals surface area (Å²) >= 11 is 2.06. The molecule has 1 aromatic carbocycles. The molecule has 0 saturated carbocycles. The van der Waals surface area contributed by atoms with Crippen LogP contribution in [0.15, 0.2) is 17.0 Å². The predicted octanol–water partition coefficient (Wildman–Crippen LogP) is 4.12. The van der Waals surface area contributed by atoms with Gasteiger partial charge in [0, 0.05) is 4.90 Å². The topological polar surface area (TPSA) is 0 Å². The SMILES string of the molecule is Cc1ccc(C)c2c1CCCCCS2. The highest BCUT2D eigenvalue weighted by Crippen LogP contribution is 2.32. The third-order valence-electron chi connectivity index (χ3n) is 3.01. The molecule has 1 heterocycles. The normalized spacial score (nSPS) is 17.0. The van der Waals surface area contributed by atoms with Gasteiger partial charge in [0.15, 0.2) is 0 Å². The maximum Gasteiger partial charge on any atom is 0.0136 e. The number of thioether (sulfide) groups is 1. The molecule has 0 spiro atoms. The number of rotatable bonds is 0. The summed E-state index contributed by atoms with van der Waals surface area (Å²) in [5, 5.41) is 0. The molecule has 1 aliphatic heterocycles. The van der Waals surface area contributed by atoms with Gasteiger partial charge in [-0.25, -0.2) is 0 Å². The molecule has 0 N–H and O–H groups in total. The van der Waals surface area contributed by atoms with Crippen LogP contribution in [0.5, 0.6) is 0 Å². The van der Waals surface area contributed by atoms with Crippen LogP contribution < -0.4 is 0 Å². The van der Waals surface area contributed by atoms with Crippen LogP contribution >= 0.6 is 11.8 Å². The first-order valence-corrected chi connectivity index (χ1v) is 6.49. The van der Waals surface area contributed by atoms with Crippen molar-refractivity contribution in [3.05, 3.63) is 28.8 Å². The van der Waals surface area contributed by atoms with Crippen LogP contribution in [0.4, 0.5) is 0 Å². The van der Waals surface area contributed by atoms with E-state index in [-0.39, 0.29) is 0 Å². The van der Waals surface area contributed by atoms with E-state index in [9.17, 15) is 0 Å². The molecule has 0 saturated heterocycles. The van der Waals surface area contributed by atoms with Gasteiger partial charge in [0.2, 0.25) is 0 Å². The first-order valence-electron chi connectivity index (χ1n) is 5.51. The van der Waals surface area contributed by atoms with E-state index < -0.39 is 0 Å². The van der Waals surface area contributed by atoms with Crippen LogP contribution in [0.25, 0.3) is 0 Å². The summed E-state index contributed by atoms with van der Waals surface area (Å²) in [6, 6.07) is 4.54. The predicted molar refractivity (Wildman–Crippen MR) is 64.2 cm³/mol. The van der Waals surface area contributed by atoms with Gasteiger partial charge in [0.05, 0.1) is 0 Å². The molecule has 0 aliphatic carbocycles. The van der Waals surface area contributed by atoms with Crippen molar-refractivity contribution >= 4 is 11.8 Å². The van der Waals surface area contributed by atoms with Crippen molar-refractivity contribution in [3.8, 4) is 0 Å². The summed E-state index contributed by atoms with van der Waals surface area (Å²) in [6.07, 6.45) is 5.45. The molecule has 76 valence electrons. The lowest BCUT2D eigenvalue weighted by Crippen LogP contribution is -2.00. The van der Waals surface area contributed by atoms with Gasteiger partial charge in [-0.2, -0.15) is 0 Å². The Kier molecular flexibility index (Phi) is 3.17. The molecule has 0 aromatic heterocycles. The highest BCUT2D eigenvalue weighted by molar-refractivity contribution is 7.99. The van der Waals surface area contributed by atoms with Gasteiger partial charge in [0.25, 0.3) is 0 Å². The Hall–Kier alpha value is -0.430. The van der Waals surface area contributed by atoms with Crippen LogP contribution in [0.3, 0.4) is 0 Å². The number of aryl methyl sites for hydroxylation is 2. The smallest absolute Gasteiger partial charge is 0.0136 e. The standard InChI is InChI=1S/C13H18S/c1-10-7-8-11(2)13-12(10)6-4-3-5-9-14-13/h7-8H,3-6,9H2,1-2H3. The Morgan fingerprint density at radius 1 is 1.00 bits per heavy atom. The van der Waals surface area contributed by atoms with E-state index >= 15 is 0 Å². The van der Waals surface area contributed by atoms with Gasteiger partial charge in [-0.05, 0) is 55.6 Å². The second-order valence-electron chi connectivity index (χ2n) is 4.17. The molecule has 0 nitrogen and oxygen atoms in total. The third kappa shape index (κ3) is 1.98. The number of benzene rings is 1. The van der Waals surface area contributed by atoms with Crippen molar-refractivity contribution in [2.75, 3.05) is 5.75 Å². The number of fused-ring (bicyclic) bond motifs is 1. The summed E-state index contributed by atoms with van der Waals surface area (Å²) in [7, 11) is 0. The lowest BCUT2D eigenvalue weighted by Gasteiger charge is -2.17. The Bertz CT molecular complexity index is 295. The lowest BCUT2D eigenvalue weighted by atomic mass is 9.99. The van der Waals surface area contributed by atoms with Gasteiger partial charge < -0.3 is 0 Å². The zero-order valence-corrected chi connectivity index (χ0v) is 9.91. The Balaban J connectivity index is 2.42. The van der Waals surface area contributed by atoms with Crippen molar-refractivity contribution in [1.29, 1.82) is 0 Å². The van der Waals surface area contributed by atoms with E-state index in [0.717, 1.165) is 0 Å². The van der Waals surface area contributed by atoms with Crippen molar-refractivity contribution in [3.63, 3.8) is 0 Å². The fraction of sp³-hybridized carbons (Fsp3) is 0.538. The van der Waals surface area contributed by atoms with Crippen molar-refractivity contribution < 1.29 is 0 Å². The third-order valence-corrected chi connectivity index (χ3v) is 4.36. The average Bonchev–Trinajstić information content (AvgIpc) is 2.11. The van der Waals surface area contributed by atoms with Gasteiger partial charge in [-0.1, -0.05) is 18.6 Å². The van der Waals surface area contributed by atoms with E-state index in [1.54, 1.807) is 10.5 Å². The van der Waals surface area contributed by atoms with E-state index in [1.807, 2.05) is 0 Å². The van der Waals surface area contributed by atoms with Crippen LogP contribution in [0, 0.1) is 13.8 Å². The minimum atomic E-state index is 1.29. The second kappa shape index (κ2) is 4.39. The van der Waals surface area contributed by atoms with Gasteiger partial charge in [-0.3, -0.25) is 0 Å². The minimum Gasteiger partial charge on any atom is -0.126 e. The molecule has 1 heteroatoms. The zero-order chi connectivity index (χ0) is 9.97. The molecule has 0 unspecified atom stereocenters. The quantitative estimate of drug-likeness (QED) is 0.615. The first kappa shape index (κ1) is 10.1. The molecule has 0 bridgehead atoms. The largest absolute Gasteiger partial charge is 0.126 e. The number of hydrogen-bond acceptors (Lipinski definition) is 1. The van der Waals surface area contributed by atoms with Gasteiger partial charge in [0.1, 0.15) is 0 Å². The summed E-state index contributed by atoms with van der Waals surface area (Å²) in [5.41, 5.74) is 4.58. The fourth-order valence-electron chi connectivity index (χ4n) is 2.11. The maximum atomic E-state index is 2.27. The van der Waals surface area contributed by atoms with Crippen LogP contribution in [-0.4, -0.2) is 5.75 Å². The van der Waals surface area contributed by atoms with Crippen molar-refractivity contribution in [2.24, 2.45) is 0 Å². The molecule has 0 radical (unpaired) electrons. The summed E-state index contributed by atoms with van der Waals surface area (Å²) in [6.45, 7) is 4.49. The maximum absolute atomic E-state index is 2.27. The summed E-state index contributed by atoms with van der Waals surface area (Å²) in [4.78, 5) is 1.57. The van der Waals surface area contributed by atoms with Crippen molar-refractivity contribution in [2.45, 2.75) is 44.4 Å². The van der Waals surface area contributed by atoms with E-state index in [4.69, 9.17) is 0 Å². The molecular weight excluding hydrogens is 188 g/mol. The monoisotopic (exact) mass is 206 g/mol. The van der Waals surface area contributed by atoms with Crippen LogP contribution in [0.2, 0.25) is 0 Å². The van der Waals surface area contributed by atoms with Crippen LogP contribution in [-0.2, 0) is 6.42 Å². The highest BCUT2D eigenvalue weighted by atomic mass is 32.2. The van der Waals surface area contributed by atoms with E-state index in [1.165, 1.54) is 42.6 Å². The van der Waals surface area contributed by atoms with Gasteiger partial charge >= 0.3 is 0 Å². The highest BCUT2D eigenvalue weighted by Gasteiger charge is 2.11. The Morgan fingerprint density at radius 2 is 1.79 bits per heavy atom. The average molecular weight is 206 g/mol. The van der Waals surface area contributed by atoms with E-state index in [0.29, 0.717) is 0 Å². The van der Waals surface area contributed by atoms with Gasteiger partial charge in [-0.15, -0.1) is 11.8 Å². The summed E-state index contributed by atoms with van der Waals surface area (Å²) in [5.74, 6) is 1.30. The first-order chi connectivity index (χ1) is 6.79. The molecule has 0 fully saturated rings. The molecule has 1 aliphatic rings. The molecular formula is C13H18S. The summed E-state index contributed by atoms with van der Waals surface area (Å²) < 4.78 is 0. The molecule has 2 rings (SSSR count).